The van der Waals surface area contributed by atoms with E-state index in [1.165, 1.54) is 48.4 Å². The van der Waals surface area contributed by atoms with Gasteiger partial charge in [-0.2, -0.15) is 0 Å². The predicted octanol–water partition coefficient (Wildman–Crippen LogP) is 5.84. The van der Waals surface area contributed by atoms with Crippen molar-refractivity contribution in [2.75, 3.05) is 51.5 Å². The number of halogens is 2. The molecule has 1 aliphatic carbocycles. The van der Waals surface area contributed by atoms with Crippen molar-refractivity contribution in [3.8, 4) is 23.0 Å². The third-order valence-electron chi connectivity index (χ3n) is 9.49. The number of nitrogens with two attached hydrogens (primary N) is 1. The highest BCUT2D eigenvalue weighted by molar-refractivity contribution is 6.17. The van der Waals surface area contributed by atoms with Gasteiger partial charge in [0.1, 0.15) is 17.0 Å². The summed E-state index contributed by atoms with van der Waals surface area (Å²) in [5.41, 5.74) is 5.21. The molecule has 3 atom stereocenters. The van der Waals surface area contributed by atoms with Crippen LogP contribution in [0.25, 0.3) is 10.9 Å². The average molecular weight is 661 g/mol. The Balaban J connectivity index is 1.25. The third kappa shape index (κ3) is 6.25. The molecule has 0 spiro atoms. The van der Waals surface area contributed by atoms with Gasteiger partial charge in [0.05, 0.1) is 38.1 Å². The van der Waals surface area contributed by atoms with Gasteiger partial charge in [-0.1, -0.05) is 13.8 Å². The Labute approximate surface area is 277 Å². The van der Waals surface area contributed by atoms with Gasteiger partial charge in [0, 0.05) is 49.0 Å². The first-order valence-corrected chi connectivity index (χ1v) is 15.9. The number of carbonyl (C=O) groups excluding carboxylic acids is 2. The van der Waals surface area contributed by atoms with Crippen LogP contribution in [0.1, 0.15) is 20.3 Å². The van der Waals surface area contributed by atoms with Gasteiger partial charge in [-0.3, -0.25) is 24.4 Å². The summed E-state index contributed by atoms with van der Waals surface area (Å²) < 4.78 is 52.7. The van der Waals surface area contributed by atoms with Crippen LogP contribution < -0.4 is 24.8 Å². The van der Waals surface area contributed by atoms with Crippen LogP contribution in [0.3, 0.4) is 0 Å². The zero-order chi connectivity index (χ0) is 34.0. The summed E-state index contributed by atoms with van der Waals surface area (Å²) in [4.78, 5) is 34.6. The van der Waals surface area contributed by atoms with Gasteiger partial charge < -0.3 is 24.7 Å². The number of nitrogens with zero attached hydrogens (tertiary/aromatic N) is 3. The van der Waals surface area contributed by atoms with Crippen LogP contribution in [0.2, 0.25) is 0 Å². The van der Waals surface area contributed by atoms with Crippen LogP contribution in [-0.4, -0.2) is 68.3 Å². The van der Waals surface area contributed by atoms with Crippen molar-refractivity contribution < 1.29 is 37.3 Å². The normalized spacial score (nSPS) is 20.7. The molecule has 2 N–H and O–H groups in total. The summed E-state index contributed by atoms with van der Waals surface area (Å²) in [6.45, 7) is 8.24. The Bertz CT molecular complexity index is 1810. The molecule has 3 aromatic carbocycles. The fourth-order valence-corrected chi connectivity index (χ4v) is 6.49. The molecule has 1 aromatic heterocycles. The molecule has 2 fully saturated rings. The average Bonchev–Trinajstić information content (AvgIpc) is 3.65. The highest BCUT2D eigenvalue weighted by Crippen LogP contribution is 2.60. The zero-order valence-electron chi connectivity index (χ0n) is 27.1. The molecule has 1 saturated carbocycles. The quantitative estimate of drug-likeness (QED) is 0.149. The zero-order valence-corrected chi connectivity index (χ0v) is 27.1. The number of primary amides is 1. The van der Waals surface area contributed by atoms with Gasteiger partial charge in [0.25, 0.3) is 0 Å². The van der Waals surface area contributed by atoms with Gasteiger partial charge in [-0.05, 0) is 66.8 Å². The number of rotatable bonds is 12. The number of morpholine rings is 1. The van der Waals surface area contributed by atoms with Crippen LogP contribution in [0.15, 0.2) is 66.9 Å². The number of fused-ring (bicyclic) bond motifs is 1. The molecule has 0 radical (unpaired) electrons. The van der Waals surface area contributed by atoms with Crippen LogP contribution >= 0.6 is 0 Å². The van der Waals surface area contributed by atoms with Gasteiger partial charge in [0.2, 0.25) is 11.8 Å². The first kappa shape index (κ1) is 33.1. The minimum absolute atomic E-state index is 0.113. The van der Waals surface area contributed by atoms with E-state index in [2.05, 4.69) is 9.88 Å². The van der Waals surface area contributed by atoms with Crippen molar-refractivity contribution >= 4 is 34.1 Å². The minimum atomic E-state index is -1.47. The van der Waals surface area contributed by atoms with Crippen LogP contribution in [-0.2, 0) is 14.3 Å². The molecular weight excluding hydrogens is 622 g/mol. The molecule has 1 saturated heterocycles. The number of anilines is 2. The lowest BCUT2D eigenvalue weighted by atomic mass is 9.98. The number of amides is 2. The largest absolute Gasteiger partial charge is 0.493 e. The molecule has 12 heteroatoms. The fourth-order valence-electron chi connectivity index (χ4n) is 6.49. The molecule has 6 rings (SSSR count). The predicted molar refractivity (Wildman–Crippen MR) is 176 cm³/mol. The summed E-state index contributed by atoms with van der Waals surface area (Å²) in [5.74, 6) is -2.08. The Kier molecular flexibility index (Phi) is 9.47. The van der Waals surface area contributed by atoms with Crippen molar-refractivity contribution in [2.24, 2.45) is 23.0 Å². The van der Waals surface area contributed by atoms with Crippen molar-refractivity contribution in [3.63, 3.8) is 0 Å². The molecule has 2 aliphatic rings. The van der Waals surface area contributed by atoms with E-state index < -0.39 is 28.9 Å². The number of hydrogen-bond donors (Lipinski definition) is 1. The van der Waals surface area contributed by atoms with Crippen LogP contribution in [0, 0.1) is 28.9 Å². The number of carbonyl (C=O) groups is 2. The van der Waals surface area contributed by atoms with Gasteiger partial charge in [0.15, 0.2) is 23.1 Å². The molecule has 2 amide bonds. The van der Waals surface area contributed by atoms with E-state index in [1.807, 2.05) is 0 Å². The monoisotopic (exact) mass is 660 g/mol. The molecular formula is C36H38F2N4O6. The van der Waals surface area contributed by atoms with E-state index >= 15 is 4.39 Å². The SMILES string of the molecule is COc1cc2c(Oc3ccc(N(C(=O)C4(C(N)=O)[C@H](C)[C@@H]4C)c4ccc(F)cc4)cc3F)ccnc2cc1OCCCN1CCOCC1. The van der Waals surface area contributed by atoms with E-state index in [0.717, 1.165) is 45.3 Å². The first-order chi connectivity index (χ1) is 23.1. The van der Waals surface area contributed by atoms with Crippen molar-refractivity contribution in [1.82, 2.24) is 9.88 Å². The lowest BCUT2D eigenvalue weighted by Gasteiger charge is -2.27. The molecule has 4 aromatic rings. The number of aromatic nitrogens is 1. The lowest BCUT2D eigenvalue weighted by molar-refractivity contribution is -0.134. The summed E-state index contributed by atoms with van der Waals surface area (Å²) in [5, 5.41) is 0.571. The topological polar surface area (TPSA) is 116 Å². The van der Waals surface area contributed by atoms with E-state index in [4.69, 9.17) is 24.7 Å². The van der Waals surface area contributed by atoms with Crippen molar-refractivity contribution in [1.29, 1.82) is 0 Å². The minimum Gasteiger partial charge on any atom is -0.493 e. The number of pyridine rings is 1. The second-order valence-electron chi connectivity index (χ2n) is 12.1. The van der Waals surface area contributed by atoms with E-state index in [1.54, 1.807) is 38.2 Å². The Morgan fingerprint density at radius 3 is 2.31 bits per heavy atom. The first-order valence-electron chi connectivity index (χ1n) is 15.9. The maximum atomic E-state index is 15.8. The second-order valence-corrected chi connectivity index (χ2v) is 12.1. The van der Waals surface area contributed by atoms with Crippen LogP contribution in [0.4, 0.5) is 20.2 Å². The Morgan fingerprint density at radius 1 is 0.958 bits per heavy atom. The number of methoxy groups -OCH3 is 1. The molecule has 48 heavy (non-hydrogen) atoms. The van der Waals surface area contributed by atoms with Crippen molar-refractivity contribution in [2.45, 2.75) is 20.3 Å². The summed E-state index contributed by atoms with van der Waals surface area (Å²) in [6.07, 6.45) is 2.38. The van der Waals surface area contributed by atoms with Gasteiger partial charge in [-0.25, -0.2) is 8.78 Å². The van der Waals surface area contributed by atoms with Crippen LogP contribution in [0.5, 0.6) is 23.0 Å². The Morgan fingerprint density at radius 2 is 1.67 bits per heavy atom. The van der Waals surface area contributed by atoms with Gasteiger partial charge in [-0.15, -0.1) is 0 Å². The van der Waals surface area contributed by atoms with E-state index in [9.17, 15) is 14.0 Å². The molecule has 1 aliphatic heterocycles. The summed E-state index contributed by atoms with van der Waals surface area (Å²) >= 11 is 0. The standard InChI is InChI=1S/C36H38F2N4O6/c1-22-23(2)36(22,34(39)43)35(44)42(25-7-5-24(37)6-8-25)26-9-10-31(28(38)19-26)48-30-11-12-40-29-21-33(32(45-3)20-27(29)30)47-16-4-13-41-14-17-46-18-15-41/h5-12,19-23H,4,13-18H2,1-3H3,(H2,39,43)/t22-,23+,36?. The van der Waals surface area contributed by atoms with E-state index in [-0.39, 0.29) is 29.0 Å². The van der Waals surface area contributed by atoms with Crippen molar-refractivity contribution in [3.05, 3.63) is 78.5 Å². The highest BCUT2D eigenvalue weighted by Gasteiger charge is 2.70. The third-order valence-corrected chi connectivity index (χ3v) is 9.49. The molecule has 1 unspecified atom stereocenters. The molecule has 0 bridgehead atoms. The maximum absolute atomic E-state index is 15.8. The second kappa shape index (κ2) is 13.7. The fraction of sp³-hybridized carbons (Fsp3) is 0.361. The van der Waals surface area contributed by atoms with E-state index in [0.29, 0.717) is 34.8 Å². The number of ether oxygens (including phenoxy) is 4. The maximum Gasteiger partial charge on any atom is 0.247 e. The molecule has 2 heterocycles. The number of benzene rings is 3. The lowest BCUT2D eigenvalue weighted by Crippen LogP contribution is -2.43. The van der Waals surface area contributed by atoms with Gasteiger partial charge >= 0.3 is 0 Å². The molecule has 10 nitrogen and oxygen atoms in total. The molecule has 252 valence electrons. The summed E-state index contributed by atoms with van der Waals surface area (Å²) in [6, 6.07) is 14.3. The highest BCUT2D eigenvalue weighted by atomic mass is 19.1. The summed E-state index contributed by atoms with van der Waals surface area (Å²) in [7, 11) is 1.54. The smallest absolute Gasteiger partial charge is 0.247 e. The Hall–Kier alpha value is -4.81. The number of hydrogen-bond acceptors (Lipinski definition) is 8.